The Morgan fingerprint density at radius 3 is 2.60 bits per heavy atom. The number of benzene rings is 1. The van der Waals surface area contributed by atoms with Crippen molar-refractivity contribution in [2.75, 3.05) is 13.1 Å². The van der Waals surface area contributed by atoms with Crippen molar-refractivity contribution in [3.8, 4) is 0 Å². The minimum atomic E-state index is -3.63. The van der Waals surface area contributed by atoms with E-state index in [1.807, 2.05) is 37.4 Å². The quantitative estimate of drug-likeness (QED) is 0.771. The summed E-state index contributed by atoms with van der Waals surface area (Å²) in [7, 11) is -3.63. The van der Waals surface area contributed by atoms with Crippen LogP contribution in [0.15, 0.2) is 40.6 Å². The Hall–Kier alpha value is -1.86. The van der Waals surface area contributed by atoms with E-state index in [0.29, 0.717) is 17.0 Å². The SMILES string of the molecule is CCCNC(=O)NC[C@@H](c1cccs1)S(=O)(=O)c1cc(C)ccc1C. The fourth-order valence-corrected chi connectivity index (χ4v) is 5.61. The van der Waals surface area contributed by atoms with Gasteiger partial charge in [-0.1, -0.05) is 25.1 Å². The number of urea groups is 1. The molecule has 1 atom stereocenters. The maximum Gasteiger partial charge on any atom is 0.314 e. The van der Waals surface area contributed by atoms with Gasteiger partial charge >= 0.3 is 6.03 Å². The number of thiophene rings is 1. The van der Waals surface area contributed by atoms with Crippen molar-refractivity contribution in [3.05, 3.63) is 51.7 Å². The average Bonchev–Trinajstić information content (AvgIpc) is 3.09. The number of carbonyl (C=O) groups is 1. The van der Waals surface area contributed by atoms with Gasteiger partial charge in [-0.2, -0.15) is 0 Å². The van der Waals surface area contributed by atoms with Crippen molar-refractivity contribution >= 4 is 27.2 Å². The third kappa shape index (κ3) is 4.83. The maximum absolute atomic E-state index is 13.3. The molecule has 0 fully saturated rings. The highest BCUT2D eigenvalue weighted by Gasteiger charge is 2.31. The number of sulfone groups is 1. The molecule has 1 heterocycles. The van der Waals surface area contributed by atoms with Crippen molar-refractivity contribution in [1.29, 1.82) is 0 Å². The summed E-state index contributed by atoms with van der Waals surface area (Å²) in [5.74, 6) is 0. The number of aryl methyl sites for hydroxylation is 2. The molecule has 2 amide bonds. The van der Waals surface area contributed by atoms with Gasteiger partial charge in [-0.3, -0.25) is 0 Å². The Morgan fingerprint density at radius 2 is 1.96 bits per heavy atom. The van der Waals surface area contributed by atoms with E-state index in [9.17, 15) is 13.2 Å². The van der Waals surface area contributed by atoms with E-state index in [2.05, 4.69) is 10.6 Å². The molecule has 0 saturated heterocycles. The molecule has 0 unspecified atom stereocenters. The van der Waals surface area contributed by atoms with Gasteiger partial charge in [-0.05, 0) is 48.9 Å². The van der Waals surface area contributed by atoms with Gasteiger partial charge in [0.1, 0.15) is 5.25 Å². The summed E-state index contributed by atoms with van der Waals surface area (Å²) >= 11 is 1.38. The Bertz CT molecular complexity index is 815. The van der Waals surface area contributed by atoms with Crippen LogP contribution in [0.4, 0.5) is 4.79 Å². The normalized spacial score (nSPS) is 12.6. The summed E-state index contributed by atoms with van der Waals surface area (Å²) in [6.45, 7) is 6.21. The Kier molecular flexibility index (Phi) is 6.61. The van der Waals surface area contributed by atoms with Crippen molar-refractivity contribution in [2.24, 2.45) is 0 Å². The molecule has 0 aliphatic carbocycles. The maximum atomic E-state index is 13.3. The summed E-state index contributed by atoms with van der Waals surface area (Å²) in [5.41, 5.74) is 1.60. The van der Waals surface area contributed by atoms with Crippen LogP contribution in [-0.4, -0.2) is 27.5 Å². The van der Waals surface area contributed by atoms with Crippen LogP contribution in [0.3, 0.4) is 0 Å². The molecule has 0 radical (unpaired) electrons. The van der Waals surface area contributed by atoms with Crippen LogP contribution < -0.4 is 10.6 Å². The van der Waals surface area contributed by atoms with Gasteiger partial charge in [0, 0.05) is 18.0 Å². The van der Waals surface area contributed by atoms with Crippen molar-refractivity contribution in [2.45, 2.75) is 37.3 Å². The molecule has 1 aromatic heterocycles. The second-order valence-corrected chi connectivity index (χ2v) is 9.03. The highest BCUT2D eigenvalue weighted by atomic mass is 32.2. The molecule has 0 aliphatic rings. The first kappa shape index (κ1) is 19.5. The van der Waals surface area contributed by atoms with Gasteiger partial charge in [0.2, 0.25) is 0 Å². The highest BCUT2D eigenvalue weighted by molar-refractivity contribution is 7.92. The summed E-state index contributed by atoms with van der Waals surface area (Å²) < 4.78 is 26.5. The molecule has 2 N–H and O–H groups in total. The molecule has 0 bridgehead atoms. The summed E-state index contributed by atoms with van der Waals surface area (Å²) in [6.07, 6.45) is 0.822. The minimum absolute atomic E-state index is 0.0335. The van der Waals surface area contributed by atoms with Crippen molar-refractivity contribution < 1.29 is 13.2 Å². The van der Waals surface area contributed by atoms with Crippen LogP contribution in [0.1, 0.15) is 34.6 Å². The van der Waals surface area contributed by atoms with E-state index in [0.717, 1.165) is 16.9 Å². The van der Waals surface area contributed by atoms with Crippen LogP contribution >= 0.6 is 11.3 Å². The standard InChI is InChI=1S/C18H24N2O3S2/c1-4-9-19-18(21)20-12-17(15-6-5-10-24-15)25(22,23)16-11-13(2)7-8-14(16)3/h5-8,10-11,17H,4,9,12H2,1-3H3,(H2,19,20,21)/t17-/m0/s1. The van der Waals surface area contributed by atoms with E-state index < -0.39 is 15.1 Å². The molecular formula is C18H24N2O3S2. The van der Waals surface area contributed by atoms with E-state index >= 15 is 0 Å². The molecule has 0 aliphatic heterocycles. The number of hydrogen-bond donors (Lipinski definition) is 2. The molecule has 1 aromatic carbocycles. The average molecular weight is 381 g/mol. The van der Waals surface area contributed by atoms with Crippen LogP contribution in [0.2, 0.25) is 0 Å². The van der Waals surface area contributed by atoms with Gasteiger partial charge in [0.05, 0.1) is 4.90 Å². The van der Waals surface area contributed by atoms with Gasteiger partial charge in [-0.15, -0.1) is 11.3 Å². The third-order valence-corrected chi connectivity index (χ3v) is 7.23. The Balaban J connectivity index is 2.32. The Labute approximate surface area is 153 Å². The molecule has 2 aromatic rings. The molecule has 0 saturated carbocycles. The summed E-state index contributed by atoms with van der Waals surface area (Å²) in [6, 6.07) is 8.68. The molecule has 2 rings (SSSR count). The number of carbonyl (C=O) groups excluding carboxylic acids is 1. The van der Waals surface area contributed by atoms with Crippen LogP contribution in [0, 0.1) is 13.8 Å². The first-order valence-corrected chi connectivity index (χ1v) is 10.6. The zero-order valence-corrected chi connectivity index (χ0v) is 16.3. The molecule has 5 nitrogen and oxygen atoms in total. The number of hydrogen-bond acceptors (Lipinski definition) is 4. The van der Waals surface area contributed by atoms with Gasteiger partial charge in [0.25, 0.3) is 0 Å². The highest BCUT2D eigenvalue weighted by Crippen LogP contribution is 2.33. The van der Waals surface area contributed by atoms with Crippen molar-refractivity contribution in [3.63, 3.8) is 0 Å². The van der Waals surface area contributed by atoms with Crippen LogP contribution in [-0.2, 0) is 9.84 Å². The minimum Gasteiger partial charge on any atom is -0.338 e. The first-order valence-electron chi connectivity index (χ1n) is 8.22. The number of amides is 2. The first-order chi connectivity index (χ1) is 11.9. The topological polar surface area (TPSA) is 75.3 Å². The number of rotatable bonds is 7. The predicted octanol–water partition coefficient (Wildman–Crippen LogP) is 3.59. The van der Waals surface area contributed by atoms with Gasteiger partial charge in [-0.25, -0.2) is 13.2 Å². The van der Waals surface area contributed by atoms with Gasteiger partial charge < -0.3 is 10.6 Å². The second-order valence-electron chi connectivity index (χ2n) is 5.95. The fraction of sp³-hybridized carbons (Fsp3) is 0.389. The lowest BCUT2D eigenvalue weighted by Crippen LogP contribution is -2.39. The molecule has 25 heavy (non-hydrogen) atoms. The molecule has 0 spiro atoms. The third-order valence-electron chi connectivity index (χ3n) is 3.87. The van der Waals surface area contributed by atoms with Crippen molar-refractivity contribution in [1.82, 2.24) is 10.6 Å². The fourth-order valence-electron chi connectivity index (χ4n) is 2.49. The monoisotopic (exact) mass is 380 g/mol. The number of nitrogens with one attached hydrogen (secondary N) is 2. The van der Waals surface area contributed by atoms with Crippen LogP contribution in [0.5, 0.6) is 0 Å². The van der Waals surface area contributed by atoms with Crippen LogP contribution in [0.25, 0.3) is 0 Å². The van der Waals surface area contributed by atoms with E-state index in [1.54, 1.807) is 19.1 Å². The van der Waals surface area contributed by atoms with Gasteiger partial charge in [0.15, 0.2) is 9.84 Å². The summed E-state index contributed by atoms with van der Waals surface area (Å²) in [5, 5.41) is 6.44. The lowest BCUT2D eigenvalue weighted by atomic mass is 10.2. The van der Waals surface area contributed by atoms with E-state index in [4.69, 9.17) is 0 Å². The lowest BCUT2D eigenvalue weighted by molar-refractivity contribution is 0.241. The molecule has 7 heteroatoms. The second kappa shape index (κ2) is 8.49. The summed E-state index contributed by atoms with van der Waals surface area (Å²) in [4.78, 5) is 12.9. The zero-order chi connectivity index (χ0) is 18.4. The zero-order valence-electron chi connectivity index (χ0n) is 14.7. The van der Waals surface area contributed by atoms with E-state index in [-0.39, 0.29) is 12.6 Å². The molecule has 136 valence electrons. The Morgan fingerprint density at radius 1 is 1.20 bits per heavy atom. The largest absolute Gasteiger partial charge is 0.338 e. The molecular weight excluding hydrogens is 356 g/mol. The lowest BCUT2D eigenvalue weighted by Gasteiger charge is -2.19. The smallest absolute Gasteiger partial charge is 0.314 e. The van der Waals surface area contributed by atoms with E-state index in [1.165, 1.54) is 11.3 Å². The predicted molar refractivity (Wildman–Crippen MR) is 102 cm³/mol.